The summed E-state index contributed by atoms with van der Waals surface area (Å²) in [7, 11) is 1.49. The second-order valence-electron chi connectivity index (χ2n) is 6.88. The molecule has 0 saturated heterocycles. The van der Waals surface area contributed by atoms with Crippen molar-refractivity contribution < 1.29 is 19.1 Å². The van der Waals surface area contributed by atoms with Crippen LogP contribution < -0.4 is 15.4 Å². The number of rotatable bonds is 5. The van der Waals surface area contributed by atoms with E-state index in [2.05, 4.69) is 10.6 Å². The molecule has 0 spiro atoms. The number of methoxy groups -OCH3 is 1. The van der Waals surface area contributed by atoms with Crippen LogP contribution in [0.3, 0.4) is 0 Å². The zero-order valence-electron chi connectivity index (χ0n) is 16.1. The Labute approximate surface area is 174 Å². The van der Waals surface area contributed by atoms with Crippen LogP contribution >= 0.6 is 23.4 Å². The first-order valence-corrected chi connectivity index (χ1v) is 10.8. The minimum Gasteiger partial charge on any atom is -0.496 e. The summed E-state index contributed by atoms with van der Waals surface area (Å²) in [6.07, 6.45) is 5.46. The summed E-state index contributed by atoms with van der Waals surface area (Å²) in [5.41, 5.74) is 0.756. The lowest BCUT2D eigenvalue weighted by atomic mass is 9.95. The Morgan fingerprint density at radius 1 is 1.21 bits per heavy atom. The lowest BCUT2D eigenvalue weighted by Gasteiger charge is -2.23. The molecule has 1 heterocycles. The number of ether oxygens (including phenoxy) is 2. The quantitative estimate of drug-likeness (QED) is 0.735. The fourth-order valence-electron chi connectivity index (χ4n) is 3.42. The van der Waals surface area contributed by atoms with Gasteiger partial charge in [-0.3, -0.25) is 9.59 Å². The minimum absolute atomic E-state index is 0.183. The van der Waals surface area contributed by atoms with Gasteiger partial charge < -0.3 is 20.1 Å². The molecule has 1 saturated carbocycles. The molecule has 1 aromatic carbocycles. The number of hydrogen-bond acceptors (Lipinski definition) is 5. The smallest absolute Gasteiger partial charge is 0.265 e. The van der Waals surface area contributed by atoms with Crippen molar-refractivity contribution in [3.05, 3.63) is 33.4 Å². The maximum atomic E-state index is 12.7. The number of nitrogens with one attached hydrogen (secondary N) is 2. The van der Waals surface area contributed by atoms with Gasteiger partial charge in [-0.2, -0.15) is 0 Å². The van der Waals surface area contributed by atoms with Crippen LogP contribution in [-0.4, -0.2) is 37.3 Å². The van der Waals surface area contributed by atoms with Crippen LogP contribution in [0.1, 0.15) is 49.4 Å². The Morgan fingerprint density at radius 3 is 2.64 bits per heavy atom. The summed E-state index contributed by atoms with van der Waals surface area (Å²) in [5, 5.41) is 6.13. The highest BCUT2D eigenvalue weighted by Crippen LogP contribution is 2.33. The molecule has 3 rings (SSSR count). The van der Waals surface area contributed by atoms with E-state index in [0.29, 0.717) is 34.3 Å². The van der Waals surface area contributed by atoms with Gasteiger partial charge >= 0.3 is 0 Å². The van der Waals surface area contributed by atoms with Crippen LogP contribution in [0.2, 0.25) is 5.02 Å². The minimum atomic E-state index is -0.287. The number of carbonyl (C=O) groups is 2. The molecule has 0 radical (unpaired) electrons. The molecule has 152 valence electrons. The van der Waals surface area contributed by atoms with Crippen LogP contribution in [0.25, 0.3) is 0 Å². The lowest BCUT2D eigenvalue weighted by molar-refractivity contribution is -0.112. The fourth-order valence-corrected chi connectivity index (χ4v) is 4.44. The summed E-state index contributed by atoms with van der Waals surface area (Å²) in [5.74, 6) is 1.19. The second kappa shape index (κ2) is 9.56. The highest BCUT2D eigenvalue weighted by atomic mass is 35.5. The van der Waals surface area contributed by atoms with Crippen molar-refractivity contribution in [2.24, 2.45) is 0 Å². The molecule has 0 atom stereocenters. The molecule has 1 fully saturated rings. The Kier molecular flexibility index (Phi) is 7.13. The van der Waals surface area contributed by atoms with Gasteiger partial charge in [-0.05, 0) is 25.8 Å². The first-order chi connectivity index (χ1) is 13.5. The molecule has 6 nitrogen and oxygen atoms in total. The molecule has 28 heavy (non-hydrogen) atoms. The van der Waals surface area contributed by atoms with Crippen molar-refractivity contribution >= 4 is 40.9 Å². The number of allylic oxidation sites excluding steroid dienone is 1. The standard InChI is InChI=1S/C20H25ClN2O4S/c1-12-18(28-9-8-27-12)20(25)23-16-11-17(26-2)14(10-15(16)21)19(24)22-13-6-4-3-5-7-13/h10-11,13H,3-9H2,1-2H3,(H,22,24)(H,23,25). The average Bonchev–Trinajstić information content (AvgIpc) is 2.70. The molecule has 0 aromatic heterocycles. The largest absolute Gasteiger partial charge is 0.496 e. The number of thioether (sulfide) groups is 1. The third-order valence-electron chi connectivity index (χ3n) is 4.90. The number of hydrogen-bond donors (Lipinski definition) is 2. The van der Waals surface area contributed by atoms with E-state index < -0.39 is 0 Å². The third kappa shape index (κ3) is 4.94. The predicted molar refractivity (Wildman–Crippen MR) is 112 cm³/mol. The van der Waals surface area contributed by atoms with E-state index in [1.165, 1.54) is 25.3 Å². The predicted octanol–water partition coefficient (Wildman–Crippen LogP) is 4.34. The van der Waals surface area contributed by atoms with Crippen LogP contribution in [0.15, 0.2) is 22.8 Å². The Bertz CT molecular complexity index is 791. The van der Waals surface area contributed by atoms with E-state index in [1.807, 2.05) is 0 Å². The van der Waals surface area contributed by atoms with Gasteiger partial charge in [0.1, 0.15) is 16.4 Å². The van der Waals surface area contributed by atoms with E-state index in [4.69, 9.17) is 21.1 Å². The van der Waals surface area contributed by atoms with Gasteiger partial charge in [0, 0.05) is 17.9 Å². The summed E-state index contributed by atoms with van der Waals surface area (Å²) in [6, 6.07) is 3.31. The fraction of sp³-hybridized carbons (Fsp3) is 0.500. The van der Waals surface area contributed by atoms with E-state index >= 15 is 0 Å². The topological polar surface area (TPSA) is 76.7 Å². The number of halogens is 1. The second-order valence-corrected chi connectivity index (χ2v) is 8.39. The maximum absolute atomic E-state index is 12.7. The number of benzene rings is 1. The van der Waals surface area contributed by atoms with Crippen molar-refractivity contribution in [1.29, 1.82) is 0 Å². The zero-order chi connectivity index (χ0) is 20.1. The molecule has 1 aliphatic heterocycles. The number of anilines is 1. The van der Waals surface area contributed by atoms with Crippen LogP contribution in [0.4, 0.5) is 5.69 Å². The summed E-state index contributed by atoms with van der Waals surface area (Å²) >= 11 is 7.81. The average molecular weight is 425 g/mol. The molecule has 2 aliphatic rings. The highest BCUT2D eigenvalue weighted by Gasteiger charge is 2.23. The van der Waals surface area contributed by atoms with Gasteiger partial charge in [-0.15, -0.1) is 11.8 Å². The van der Waals surface area contributed by atoms with Crippen molar-refractivity contribution in [1.82, 2.24) is 5.32 Å². The highest BCUT2D eigenvalue weighted by molar-refractivity contribution is 8.04. The lowest BCUT2D eigenvalue weighted by Crippen LogP contribution is -2.36. The first-order valence-electron chi connectivity index (χ1n) is 9.46. The molecule has 0 unspecified atom stereocenters. The van der Waals surface area contributed by atoms with Gasteiger partial charge in [0.15, 0.2) is 0 Å². The monoisotopic (exact) mass is 424 g/mol. The molecule has 1 aromatic rings. The van der Waals surface area contributed by atoms with Crippen molar-refractivity contribution in [2.75, 3.05) is 24.8 Å². The number of amides is 2. The van der Waals surface area contributed by atoms with Crippen molar-refractivity contribution in [3.8, 4) is 5.75 Å². The van der Waals surface area contributed by atoms with E-state index in [1.54, 1.807) is 19.1 Å². The molecule has 8 heteroatoms. The van der Waals surface area contributed by atoms with Gasteiger partial charge in [0.25, 0.3) is 11.8 Å². The van der Waals surface area contributed by atoms with Gasteiger partial charge in [-0.25, -0.2) is 0 Å². The van der Waals surface area contributed by atoms with Crippen LogP contribution in [0, 0.1) is 0 Å². The van der Waals surface area contributed by atoms with Gasteiger partial charge in [-0.1, -0.05) is 30.9 Å². The normalized spacial score (nSPS) is 17.7. The van der Waals surface area contributed by atoms with Gasteiger partial charge in [0.05, 0.1) is 30.0 Å². The SMILES string of the molecule is COc1cc(NC(=O)C2=C(C)OCCS2)c(Cl)cc1C(=O)NC1CCCCC1. The van der Waals surface area contributed by atoms with Gasteiger partial charge in [0.2, 0.25) is 0 Å². The molecule has 2 N–H and O–H groups in total. The third-order valence-corrected chi connectivity index (χ3v) is 6.34. The van der Waals surface area contributed by atoms with E-state index in [9.17, 15) is 9.59 Å². The Morgan fingerprint density at radius 2 is 1.96 bits per heavy atom. The molecular weight excluding hydrogens is 400 g/mol. The first kappa shape index (κ1) is 20.9. The van der Waals surface area contributed by atoms with Crippen LogP contribution in [0.5, 0.6) is 5.75 Å². The van der Waals surface area contributed by atoms with E-state index in [0.717, 1.165) is 31.4 Å². The molecule has 1 aliphatic carbocycles. The molecule has 0 bridgehead atoms. The zero-order valence-corrected chi connectivity index (χ0v) is 17.7. The maximum Gasteiger partial charge on any atom is 0.265 e. The summed E-state index contributed by atoms with van der Waals surface area (Å²) in [6.45, 7) is 2.36. The van der Waals surface area contributed by atoms with Crippen LogP contribution in [-0.2, 0) is 9.53 Å². The van der Waals surface area contributed by atoms with Crippen molar-refractivity contribution in [2.45, 2.75) is 45.1 Å². The Balaban J connectivity index is 1.77. The number of carbonyl (C=O) groups excluding carboxylic acids is 2. The van der Waals surface area contributed by atoms with E-state index in [-0.39, 0.29) is 22.9 Å². The van der Waals surface area contributed by atoms with Crippen molar-refractivity contribution in [3.63, 3.8) is 0 Å². The summed E-state index contributed by atoms with van der Waals surface area (Å²) < 4.78 is 10.8. The molecular formula is C20H25ClN2O4S. The summed E-state index contributed by atoms with van der Waals surface area (Å²) in [4.78, 5) is 25.8. The molecule has 2 amide bonds. The Hall–Kier alpha value is -1.86.